The summed E-state index contributed by atoms with van der Waals surface area (Å²) in [4.78, 5) is 18.3. The van der Waals surface area contributed by atoms with Crippen molar-refractivity contribution in [3.05, 3.63) is 69.4 Å². The number of furan rings is 1. The normalized spacial score (nSPS) is 17.0. The van der Waals surface area contributed by atoms with Crippen molar-refractivity contribution in [2.45, 2.75) is 58.2 Å². The maximum absolute atomic E-state index is 13.6. The first-order valence-corrected chi connectivity index (χ1v) is 11.8. The summed E-state index contributed by atoms with van der Waals surface area (Å²) in [5, 5.41) is 1.21. The van der Waals surface area contributed by atoms with Gasteiger partial charge in [-0.05, 0) is 99.1 Å². The predicted molar refractivity (Wildman–Crippen MR) is 124 cm³/mol. The van der Waals surface area contributed by atoms with E-state index in [1.807, 2.05) is 19.2 Å². The molecule has 2 aromatic heterocycles. The SMILES string of the molecule is CN(Cc1ccco1)Cc1cc2cc3c(cc2n(CCN2CCCCC2)c1=O)CCC3. The minimum Gasteiger partial charge on any atom is -0.468 e. The molecule has 164 valence electrons. The Labute approximate surface area is 184 Å². The highest BCUT2D eigenvalue weighted by Crippen LogP contribution is 2.27. The van der Waals surface area contributed by atoms with E-state index in [9.17, 15) is 4.79 Å². The van der Waals surface area contributed by atoms with Gasteiger partial charge >= 0.3 is 0 Å². The van der Waals surface area contributed by atoms with Crippen LogP contribution in [0.3, 0.4) is 0 Å². The number of benzene rings is 1. The Balaban J connectivity index is 1.47. The zero-order valence-electron chi connectivity index (χ0n) is 18.6. The number of likely N-dealkylation sites (tertiary alicyclic amines) is 1. The molecule has 0 bridgehead atoms. The molecule has 1 aromatic carbocycles. The molecule has 0 unspecified atom stereocenters. The Kier molecular flexibility index (Phi) is 5.97. The van der Waals surface area contributed by atoms with Crippen molar-refractivity contribution in [1.82, 2.24) is 14.4 Å². The Morgan fingerprint density at radius 2 is 1.77 bits per heavy atom. The molecule has 1 fully saturated rings. The van der Waals surface area contributed by atoms with Crippen molar-refractivity contribution < 1.29 is 4.42 Å². The minimum absolute atomic E-state index is 0.161. The highest BCUT2D eigenvalue weighted by molar-refractivity contribution is 5.82. The van der Waals surface area contributed by atoms with Gasteiger partial charge in [0.05, 0.1) is 18.3 Å². The summed E-state index contributed by atoms with van der Waals surface area (Å²) < 4.78 is 7.55. The lowest BCUT2D eigenvalue weighted by atomic mass is 10.0. The van der Waals surface area contributed by atoms with Gasteiger partial charge < -0.3 is 13.9 Å². The van der Waals surface area contributed by atoms with E-state index in [-0.39, 0.29) is 5.56 Å². The van der Waals surface area contributed by atoms with E-state index in [4.69, 9.17) is 4.42 Å². The first kappa shape index (κ1) is 20.5. The van der Waals surface area contributed by atoms with Gasteiger partial charge in [-0.3, -0.25) is 9.69 Å². The average molecular weight is 420 g/mol. The van der Waals surface area contributed by atoms with Crippen LogP contribution in [0.5, 0.6) is 0 Å². The fraction of sp³-hybridized carbons (Fsp3) is 0.500. The molecule has 1 aliphatic carbocycles. The van der Waals surface area contributed by atoms with Crippen LogP contribution >= 0.6 is 0 Å². The summed E-state index contributed by atoms with van der Waals surface area (Å²) >= 11 is 0. The van der Waals surface area contributed by atoms with E-state index >= 15 is 0 Å². The van der Waals surface area contributed by atoms with Crippen LogP contribution in [-0.2, 0) is 32.5 Å². The Morgan fingerprint density at radius 1 is 0.968 bits per heavy atom. The zero-order chi connectivity index (χ0) is 21.2. The lowest BCUT2D eigenvalue weighted by Crippen LogP contribution is -2.36. The highest BCUT2D eigenvalue weighted by atomic mass is 16.3. The van der Waals surface area contributed by atoms with Crippen molar-refractivity contribution in [3.8, 4) is 0 Å². The smallest absolute Gasteiger partial charge is 0.255 e. The van der Waals surface area contributed by atoms with E-state index in [2.05, 4.69) is 32.6 Å². The summed E-state index contributed by atoms with van der Waals surface area (Å²) in [6, 6.07) is 10.7. The van der Waals surface area contributed by atoms with Crippen LogP contribution in [0.25, 0.3) is 10.9 Å². The lowest BCUT2D eigenvalue weighted by molar-refractivity contribution is 0.220. The number of aryl methyl sites for hydroxylation is 2. The molecule has 1 aliphatic heterocycles. The van der Waals surface area contributed by atoms with Crippen LogP contribution in [0.1, 0.15) is 48.1 Å². The summed E-state index contributed by atoms with van der Waals surface area (Å²) in [6.45, 7) is 5.36. The molecule has 5 heteroatoms. The van der Waals surface area contributed by atoms with Gasteiger partial charge in [0, 0.05) is 25.2 Å². The molecule has 1 saturated heterocycles. The van der Waals surface area contributed by atoms with Crippen LogP contribution in [0, 0.1) is 0 Å². The standard InChI is InChI=1S/C26H33N3O2/c1-27(19-24-9-6-14-31-24)18-23-16-22-15-20-7-5-8-21(20)17-25(22)29(26(23)30)13-12-28-10-3-2-4-11-28/h6,9,14-17H,2-5,7-8,10-13,18-19H2,1H3. The van der Waals surface area contributed by atoms with E-state index < -0.39 is 0 Å². The molecular formula is C26H33N3O2. The fourth-order valence-corrected chi connectivity index (χ4v) is 5.29. The van der Waals surface area contributed by atoms with Crippen LogP contribution in [0.15, 0.2) is 45.8 Å². The van der Waals surface area contributed by atoms with Gasteiger partial charge in [-0.2, -0.15) is 0 Å². The third kappa shape index (κ3) is 4.48. The predicted octanol–water partition coefficient (Wildman–Crippen LogP) is 4.20. The molecule has 0 atom stereocenters. The van der Waals surface area contributed by atoms with E-state index in [0.717, 1.165) is 55.9 Å². The second-order valence-electron chi connectivity index (χ2n) is 9.31. The maximum atomic E-state index is 13.6. The first-order chi connectivity index (χ1) is 15.2. The second-order valence-corrected chi connectivity index (χ2v) is 9.31. The molecule has 5 rings (SSSR count). The number of nitrogens with zero attached hydrogens (tertiary/aromatic N) is 3. The molecule has 0 saturated carbocycles. The first-order valence-electron chi connectivity index (χ1n) is 11.8. The number of fused-ring (bicyclic) bond motifs is 2. The van der Waals surface area contributed by atoms with E-state index in [1.165, 1.54) is 42.2 Å². The molecule has 0 N–H and O–H groups in total. The van der Waals surface area contributed by atoms with Crippen molar-refractivity contribution in [1.29, 1.82) is 0 Å². The van der Waals surface area contributed by atoms with Crippen molar-refractivity contribution >= 4 is 10.9 Å². The van der Waals surface area contributed by atoms with Gasteiger partial charge in [0.2, 0.25) is 0 Å². The van der Waals surface area contributed by atoms with Crippen molar-refractivity contribution in [3.63, 3.8) is 0 Å². The molecule has 31 heavy (non-hydrogen) atoms. The molecule has 0 amide bonds. The highest BCUT2D eigenvalue weighted by Gasteiger charge is 2.18. The zero-order valence-corrected chi connectivity index (χ0v) is 18.6. The van der Waals surface area contributed by atoms with Crippen LogP contribution in [-0.4, -0.2) is 41.0 Å². The van der Waals surface area contributed by atoms with Crippen LogP contribution < -0.4 is 5.56 Å². The minimum atomic E-state index is 0.161. The molecule has 3 heterocycles. The number of pyridine rings is 1. The molecular weight excluding hydrogens is 386 g/mol. The van der Waals surface area contributed by atoms with Crippen LogP contribution in [0.4, 0.5) is 0 Å². The number of hydrogen-bond acceptors (Lipinski definition) is 4. The van der Waals surface area contributed by atoms with E-state index in [1.54, 1.807) is 6.26 Å². The Hall–Kier alpha value is -2.37. The van der Waals surface area contributed by atoms with Gasteiger partial charge in [-0.25, -0.2) is 0 Å². The van der Waals surface area contributed by atoms with Crippen molar-refractivity contribution in [2.75, 3.05) is 26.7 Å². The average Bonchev–Trinajstić information content (AvgIpc) is 3.45. The third-order valence-corrected chi connectivity index (χ3v) is 6.92. The van der Waals surface area contributed by atoms with Gasteiger partial charge in [0.1, 0.15) is 5.76 Å². The molecule has 0 spiro atoms. The number of aromatic nitrogens is 1. The number of piperidine rings is 1. The summed E-state index contributed by atoms with van der Waals surface area (Å²) in [5.74, 6) is 0.923. The molecule has 0 radical (unpaired) electrons. The summed E-state index contributed by atoms with van der Waals surface area (Å²) in [5.41, 5.74) is 5.04. The molecule has 3 aromatic rings. The topological polar surface area (TPSA) is 41.6 Å². The van der Waals surface area contributed by atoms with E-state index in [0.29, 0.717) is 13.1 Å². The third-order valence-electron chi connectivity index (χ3n) is 6.92. The van der Waals surface area contributed by atoms with Crippen molar-refractivity contribution in [2.24, 2.45) is 0 Å². The second kappa shape index (κ2) is 9.01. The fourth-order valence-electron chi connectivity index (χ4n) is 5.29. The quantitative estimate of drug-likeness (QED) is 0.576. The van der Waals surface area contributed by atoms with Gasteiger partial charge in [-0.15, -0.1) is 0 Å². The van der Waals surface area contributed by atoms with Gasteiger partial charge in [-0.1, -0.05) is 6.42 Å². The number of hydrogen-bond donors (Lipinski definition) is 0. The number of rotatable bonds is 7. The molecule has 5 nitrogen and oxygen atoms in total. The maximum Gasteiger partial charge on any atom is 0.255 e. The largest absolute Gasteiger partial charge is 0.468 e. The van der Waals surface area contributed by atoms with Crippen LogP contribution in [0.2, 0.25) is 0 Å². The Morgan fingerprint density at radius 3 is 2.55 bits per heavy atom. The summed E-state index contributed by atoms with van der Waals surface area (Å²) in [7, 11) is 2.05. The monoisotopic (exact) mass is 419 g/mol. The molecule has 2 aliphatic rings. The van der Waals surface area contributed by atoms with Gasteiger partial charge in [0.15, 0.2) is 0 Å². The van der Waals surface area contributed by atoms with Gasteiger partial charge in [0.25, 0.3) is 5.56 Å². The Bertz CT molecular complexity index is 1090. The lowest BCUT2D eigenvalue weighted by Gasteiger charge is -2.27. The summed E-state index contributed by atoms with van der Waals surface area (Å²) in [6.07, 6.45) is 9.12.